The molecule has 10 rings (SSSR count). The Balaban J connectivity index is 0.00000384. The third kappa shape index (κ3) is 3.82. The average molecular weight is 807 g/mol. The fraction of sp³-hybridized carbons (Fsp3) is 0.0952. The van der Waals surface area contributed by atoms with Crippen molar-refractivity contribution in [3.63, 3.8) is 0 Å². The van der Waals surface area contributed by atoms with Crippen molar-refractivity contribution in [2.75, 3.05) is 33.6 Å². The van der Waals surface area contributed by atoms with Gasteiger partial charge >= 0.3 is 21.1 Å². The maximum absolute atomic E-state index is 8.27. The zero-order valence-electron chi connectivity index (χ0n) is 31.8. The molecule has 5 nitrogen and oxygen atoms in total. The molecule has 0 fully saturated rings. The van der Waals surface area contributed by atoms with Crippen LogP contribution < -0.4 is 19.6 Å². The molecule has 0 saturated carbocycles. The molecule has 0 aliphatic carbocycles. The van der Waals surface area contributed by atoms with Crippen LogP contribution in [0.1, 0.15) is 31.8 Å². The number of hydrogen-bond donors (Lipinski definition) is 0. The Morgan fingerprint density at radius 2 is 1.19 bits per heavy atom. The summed E-state index contributed by atoms with van der Waals surface area (Å²) in [6.45, 7) is 0.718. The van der Waals surface area contributed by atoms with E-state index in [1.54, 1.807) is 13.3 Å². The van der Waals surface area contributed by atoms with Gasteiger partial charge in [0.1, 0.15) is 0 Å². The van der Waals surface area contributed by atoms with Gasteiger partial charge in [-0.1, -0.05) is 73.3 Å². The van der Waals surface area contributed by atoms with Gasteiger partial charge < -0.3 is 24.2 Å². The van der Waals surface area contributed by atoms with E-state index in [9.17, 15) is 0 Å². The molecule has 0 N–H and O–H groups in total. The van der Waals surface area contributed by atoms with E-state index in [0.717, 1.165) is 55.6 Å². The maximum atomic E-state index is 8.27. The molecule has 1 atom stereocenters. The molecule has 48 heavy (non-hydrogen) atoms. The molecule has 3 aliphatic heterocycles. The van der Waals surface area contributed by atoms with Gasteiger partial charge in [0, 0.05) is 58.2 Å². The van der Waals surface area contributed by atoms with Crippen molar-refractivity contribution < 1.29 is 29.3 Å². The number of rotatable bonds is 3. The van der Waals surface area contributed by atoms with E-state index in [1.165, 1.54) is 9.80 Å². The fourth-order valence-electron chi connectivity index (χ4n) is 7.77. The summed E-state index contributed by atoms with van der Waals surface area (Å²) in [4.78, 5) is 6.44. The molecule has 1 aromatic heterocycles. The van der Waals surface area contributed by atoms with Crippen molar-refractivity contribution in [2.45, 2.75) is 12.3 Å². The standard InChI is InChI=1S/C42H31N5.Pt/c1-42(28-12-10-13-29(24-28)45-26-43(2)37-18-6-8-20-39(37)45)33-16-11-15-32-31-14-4-5-17-35(31)47(41(32)33)36-23-22-30(25-34(36)42)46-27-44(3)38-19-7-9-21-40(38)46;/h4-23,26-27H,1-3H3;/q-4;+4/i2D3,3D3;. The minimum absolute atomic E-state index is 0. The largest absolute Gasteiger partial charge is 4.00 e. The Labute approximate surface area is 303 Å². The van der Waals surface area contributed by atoms with Gasteiger partial charge in [0.25, 0.3) is 0 Å². The summed E-state index contributed by atoms with van der Waals surface area (Å²) in [6.07, 6.45) is 0. The van der Waals surface area contributed by atoms with Crippen LogP contribution in [0.2, 0.25) is 0 Å². The summed E-state index contributed by atoms with van der Waals surface area (Å²) in [7, 11) is 0. The summed E-state index contributed by atoms with van der Waals surface area (Å²) >= 11 is 0. The summed E-state index contributed by atoms with van der Waals surface area (Å²) in [6, 6.07) is 47.5. The first kappa shape index (κ1) is 23.4. The second-order valence-corrected chi connectivity index (χ2v) is 12.4. The second-order valence-electron chi connectivity index (χ2n) is 12.4. The first-order valence-corrected chi connectivity index (χ1v) is 15.6. The summed E-state index contributed by atoms with van der Waals surface area (Å²) in [5.74, 6) is 0. The number of aromatic nitrogens is 1. The molecule has 6 aromatic carbocycles. The zero-order chi connectivity index (χ0) is 36.4. The first-order chi connectivity index (χ1) is 25.4. The van der Waals surface area contributed by atoms with E-state index < -0.39 is 19.4 Å². The minimum Gasteiger partial charge on any atom is -0.504 e. The van der Waals surface area contributed by atoms with E-state index in [4.69, 9.17) is 8.22 Å². The number of anilines is 6. The Kier molecular flexibility index (Phi) is 5.11. The van der Waals surface area contributed by atoms with Crippen LogP contribution in [0.5, 0.6) is 0 Å². The van der Waals surface area contributed by atoms with Crippen molar-refractivity contribution in [3.8, 4) is 5.69 Å². The average Bonchev–Trinajstić information content (AvgIpc) is 3.85. The Morgan fingerprint density at radius 3 is 1.90 bits per heavy atom. The molecule has 0 amide bonds. The summed E-state index contributed by atoms with van der Waals surface area (Å²) in [5.41, 5.74) is 9.31. The third-order valence-corrected chi connectivity index (χ3v) is 9.98. The number of nitrogens with zero attached hydrogens (tertiary/aromatic N) is 5. The van der Waals surface area contributed by atoms with Gasteiger partial charge in [-0.15, -0.1) is 34.6 Å². The number of hydrogen-bond acceptors (Lipinski definition) is 4. The second kappa shape index (κ2) is 10.5. The van der Waals surface area contributed by atoms with Crippen LogP contribution in [0.15, 0.2) is 121 Å². The van der Waals surface area contributed by atoms with Gasteiger partial charge in [0.05, 0.1) is 0 Å². The predicted octanol–water partition coefficient (Wildman–Crippen LogP) is 9.46. The number of fused-ring (bicyclic) bond motifs is 7. The van der Waals surface area contributed by atoms with Crippen LogP contribution in [0.3, 0.4) is 0 Å². The minimum atomic E-state index is -2.38. The van der Waals surface area contributed by atoms with E-state index in [1.807, 2.05) is 76.5 Å². The molecular weight excluding hydrogens is 770 g/mol. The quantitative estimate of drug-likeness (QED) is 0.166. The number of para-hydroxylation sites is 6. The van der Waals surface area contributed by atoms with E-state index >= 15 is 0 Å². The zero-order valence-corrected chi connectivity index (χ0v) is 28.0. The molecule has 3 aliphatic rings. The van der Waals surface area contributed by atoms with E-state index in [2.05, 4.69) is 78.2 Å². The summed E-state index contributed by atoms with van der Waals surface area (Å²) in [5, 5.41) is 2.28. The van der Waals surface area contributed by atoms with Gasteiger partial charge in [0.2, 0.25) is 0 Å². The van der Waals surface area contributed by atoms with Crippen molar-refractivity contribution in [1.82, 2.24) is 4.57 Å². The Morgan fingerprint density at radius 1 is 0.583 bits per heavy atom. The van der Waals surface area contributed by atoms with Crippen molar-refractivity contribution in [1.29, 1.82) is 0 Å². The molecule has 7 aromatic rings. The normalized spacial score (nSPS) is 19.9. The first-order valence-electron chi connectivity index (χ1n) is 18.6. The smallest absolute Gasteiger partial charge is 0.504 e. The van der Waals surface area contributed by atoms with Gasteiger partial charge in [-0.05, 0) is 49.8 Å². The summed E-state index contributed by atoms with van der Waals surface area (Å²) < 4.78 is 51.8. The predicted molar refractivity (Wildman–Crippen MR) is 193 cm³/mol. The molecular formula is C42H31N5Pt. The van der Waals surface area contributed by atoms with E-state index in [-0.39, 0.29) is 21.1 Å². The maximum Gasteiger partial charge on any atom is 4.00 e. The van der Waals surface area contributed by atoms with Gasteiger partial charge in [-0.25, -0.2) is 0 Å². The van der Waals surface area contributed by atoms with Crippen molar-refractivity contribution >= 4 is 55.9 Å². The molecule has 0 radical (unpaired) electrons. The van der Waals surface area contributed by atoms with Crippen LogP contribution in [-0.4, -0.2) is 18.5 Å². The monoisotopic (exact) mass is 806 g/mol. The van der Waals surface area contributed by atoms with Gasteiger partial charge in [-0.2, -0.15) is 43.7 Å². The molecule has 6 heteroatoms. The topological polar surface area (TPSA) is 17.9 Å². The molecule has 0 saturated heterocycles. The van der Waals surface area contributed by atoms with Crippen LogP contribution in [0.25, 0.3) is 27.5 Å². The molecule has 0 spiro atoms. The third-order valence-electron chi connectivity index (χ3n) is 9.98. The number of benzene rings is 6. The molecule has 0 bridgehead atoms. The van der Waals surface area contributed by atoms with Crippen LogP contribution in [-0.2, 0) is 26.5 Å². The Hall–Kier alpha value is -4.99. The van der Waals surface area contributed by atoms with Crippen LogP contribution >= 0.6 is 0 Å². The fourth-order valence-corrected chi connectivity index (χ4v) is 7.77. The van der Waals surface area contributed by atoms with Crippen LogP contribution in [0.4, 0.5) is 34.1 Å². The Bertz CT molecular complexity index is 2630. The molecule has 1 unspecified atom stereocenters. The van der Waals surface area contributed by atoms with E-state index in [0.29, 0.717) is 22.7 Å². The van der Waals surface area contributed by atoms with Gasteiger partial charge in [0.15, 0.2) is 0 Å². The van der Waals surface area contributed by atoms with Crippen LogP contribution in [0, 0.1) is 25.5 Å². The molecule has 4 heterocycles. The molecule has 234 valence electrons. The SMILES string of the molecule is [2H]C([2H])([2H])N1[CH-]N(c2[c-]c(C3(C)c4[c-]c(N5[CH-]N(C([2H])([2H])[2H])c6ccccc65)ccc4-n4c5ccccc5c5cccc3c54)ccc2)c2ccccc21.[Pt+4]. The van der Waals surface area contributed by atoms with Crippen molar-refractivity contribution in [2.24, 2.45) is 0 Å². The van der Waals surface area contributed by atoms with Gasteiger partial charge in [-0.3, -0.25) is 0 Å². The van der Waals surface area contributed by atoms with Crippen molar-refractivity contribution in [3.05, 3.63) is 163 Å².